The molecular formula is C13H15NO3S. The fourth-order valence-electron chi connectivity index (χ4n) is 1.99. The number of carbonyl (C=O) groups is 2. The Hall–Kier alpha value is -1.49. The molecule has 4 nitrogen and oxygen atoms in total. The fourth-order valence-corrected chi connectivity index (χ4v) is 3.15. The number of carboxylic acid groups (broad SMARTS) is 1. The van der Waals surface area contributed by atoms with Gasteiger partial charge < -0.3 is 10.4 Å². The molecular weight excluding hydrogens is 250 g/mol. The maximum atomic E-state index is 11.9. The Labute approximate surface area is 110 Å². The van der Waals surface area contributed by atoms with Crippen LogP contribution in [0.25, 0.3) is 0 Å². The second kappa shape index (κ2) is 5.44. The maximum Gasteiger partial charge on any atom is 0.335 e. The van der Waals surface area contributed by atoms with Gasteiger partial charge in [0, 0.05) is 5.69 Å². The fraction of sp³-hybridized carbons (Fsp3) is 0.385. The van der Waals surface area contributed by atoms with Gasteiger partial charge in [-0.25, -0.2) is 4.79 Å². The van der Waals surface area contributed by atoms with Crippen LogP contribution in [0.15, 0.2) is 18.2 Å². The summed E-state index contributed by atoms with van der Waals surface area (Å²) < 4.78 is 0. The molecule has 5 heteroatoms. The number of hydrogen-bond acceptors (Lipinski definition) is 3. The van der Waals surface area contributed by atoms with E-state index < -0.39 is 5.97 Å². The summed E-state index contributed by atoms with van der Waals surface area (Å²) in [5.74, 6) is 0.103. The minimum atomic E-state index is -0.947. The Morgan fingerprint density at radius 1 is 1.44 bits per heavy atom. The van der Waals surface area contributed by atoms with Crippen molar-refractivity contribution in [2.24, 2.45) is 0 Å². The standard InChI is InChI=1S/C13H15NO3S/c1-8-7-9(4-5-10(8)13(16)17)14-12(15)11-3-2-6-18-11/h4-5,7,11H,2-3,6H2,1H3,(H,14,15)(H,16,17). The summed E-state index contributed by atoms with van der Waals surface area (Å²) in [5, 5.41) is 11.8. The van der Waals surface area contributed by atoms with Crippen LogP contribution in [-0.4, -0.2) is 28.0 Å². The summed E-state index contributed by atoms with van der Waals surface area (Å²) in [5.41, 5.74) is 1.58. The van der Waals surface area contributed by atoms with Crippen molar-refractivity contribution in [2.75, 3.05) is 11.1 Å². The van der Waals surface area contributed by atoms with Crippen molar-refractivity contribution in [1.29, 1.82) is 0 Å². The minimum Gasteiger partial charge on any atom is -0.478 e. The van der Waals surface area contributed by atoms with Gasteiger partial charge in [-0.2, -0.15) is 0 Å². The Morgan fingerprint density at radius 2 is 2.22 bits per heavy atom. The van der Waals surface area contributed by atoms with E-state index in [2.05, 4.69) is 5.32 Å². The van der Waals surface area contributed by atoms with Gasteiger partial charge in [-0.3, -0.25) is 4.79 Å². The molecule has 1 unspecified atom stereocenters. The molecule has 0 spiro atoms. The van der Waals surface area contributed by atoms with Crippen molar-refractivity contribution in [2.45, 2.75) is 25.0 Å². The lowest BCUT2D eigenvalue weighted by Crippen LogP contribution is -2.23. The van der Waals surface area contributed by atoms with E-state index in [-0.39, 0.29) is 16.7 Å². The highest BCUT2D eigenvalue weighted by atomic mass is 32.2. The summed E-state index contributed by atoms with van der Waals surface area (Å²) in [4.78, 5) is 22.8. The Bertz CT molecular complexity index is 481. The molecule has 1 atom stereocenters. The molecule has 0 bridgehead atoms. The quantitative estimate of drug-likeness (QED) is 0.881. The highest BCUT2D eigenvalue weighted by molar-refractivity contribution is 8.00. The third-order valence-electron chi connectivity index (χ3n) is 2.95. The minimum absolute atomic E-state index is 0.0139. The summed E-state index contributed by atoms with van der Waals surface area (Å²) in [6, 6.07) is 4.85. The number of rotatable bonds is 3. The summed E-state index contributed by atoms with van der Waals surface area (Å²) in [6.45, 7) is 1.73. The van der Waals surface area contributed by atoms with Crippen LogP contribution in [0.4, 0.5) is 5.69 Å². The second-order valence-electron chi connectivity index (χ2n) is 4.33. The van der Waals surface area contributed by atoms with Gasteiger partial charge >= 0.3 is 5.97 Å². The molecule has 1 aromatic carbocycles. The topological polar surface area (TPSA) is 66.4 Å². The number of benzene rings is 1. The molecule has 1 saturated heterocycles. The Kier molecular flexibility index (Phi) is 3.91. The lowest BCUT2D eigenvalue weighted by atomic mass is 10.1. The highest BCUT2D eigenvalue weighted by Crippen LogP contribution is 2.27. The normalized spacial score (nSPS) is 18.6. The first kappa shape index (κ1) is 13.0. The van der Waals surface area contributed by atoms with Crippen molar-refractivity contribution < 1.29 is 14.7 Å². The molecule has 1 aliphatic heterocycles. The number of hydrogen-bond donors (Lipinski definition) is 2. The molecule has 1 amide bonds. The van der Waals surface area contributed by atoms with E-state index in [1.807, 2.05) is 0 Å². The van der Waals surface area contributed by atoms with Crippen LogP contribution in [0.2, 0.25) is 0 Å². The molecule has 0 saturated carbocycles. The van der Waals surface area contributed by atoms with Crippen LogP contribution in [0.1, 0.15) is 28.8 Å². The highest BCUT2D eigenvalue weighted by Gasteiger charge is 2.23. The third kappa shape index (κ3) is 2.85. The first-order valence-corrected chi connectivity index (χ1v) is 6.89. The van der Waals surface area contributed by atoms with Crippen LogP contribution in [0, 0.1) is 6.92 Å². The van der Waals surface area contributed by atoms with E-state index >= 15 is 0 Å². The van der Waals surface area contributed by atoms with Gasteiger partial charge in [0.2, 0.25) is 5.91 Å². The van der Waals surface area contributed by atoms with Crippen molar-refractivity contribution in [3.8, 4) is 0 Å². The number of thioether (sulfide) groups is 1. The zero-order valence-corrected chi connectivity index (χ0v) is 10.9. The predicted octanol–water partition coefficient (Wildman–Crippen LogP) is 2.53. The molecule has 0 aromatic heterocycles. The maximum absolute atomic E-state index is 11.9. The second-order valence-corrected chi connectivity index (χ2v) is 5.64. The average Bonchev–Trinajstić information content (AvgIpc) is 2.81. The SMILES string of the molecule is Cc1cc(NC(=O)C2CCCS2)ccc1C(=O)O. The van der Waals surface area contributed by atoms with Crippen LogP contribution in [0.3, 0.4) is 0 Å². The molecule has 0 aliphatic carbocycles. The first-order valence-electron chi connectivity index (χ1n) is 5.84. The summed E-state index contributed by atoms with van der Waals surface area (Å²) in [6.07, 6.45) is 2.00. The van der Waals surface area contributed by atoms with Crippen molar-refractivity contribution in [1.82, 2.24) is 0 Å². The monoisotopic (exact) mass is 265 g/mol. The lowest BCUT2D eigenvalue weighted by Gasteiger charge is -2.11. The van der Waals surface area contributed by atoms with Gasteiger partial charge in [-0.15, -0.1) is 11.8 Å². The van der Waals surface area contributed by atoms with Gasteiger partial charge in [0.1, 0.15) is 0 Å². The van der Waals surface area contributed by atoms with Crippen LogP contribution in [-0.2, 0) is 4.79 Å². The molecule has 0 radical (unpaired) electrons. The van der Waals surface area contributed by atoms with E-state index in [1.165, 1.54) is 6.07 Å². The van der Waals surface area contributed by atoms with E-state index in [1.54, 1.807) is 30.8 Å². The van der Waals surface area contributed by atoms with Gasteiger partial charge in [0.25, 0.3) is 0 Å². The molecule has 18 heavy (non-hydrogen) atoms. The molecule has 1 fully saturated rings. The zero-order valence-electron chi connectivity index (χ0n) is 10.1. The smallest absolute Gasteiger partial charge is 0.335 e. The van der Waals surface area contributed by atoms with Gasteiger partial charge in [-0.1, -0.05) is 0 Å². The van der Waals surface area contributed by atoms with Crippen LogP contribution in [0.5, 0.6) is 0 Å². The largest absolute Gasteiger partial charge is 0.478 e. The summed E-state index contributed by atoms with van der Waals surface area (Å²) in [7, 11) is 0. The zero-order chi connectivity index (χ0) is 13.1. The number of amides is 1. The molecule has 96 valence electrons. The number of aromatic carboxylic acids is 1. The number of carboxylic acids is 1. The Morgan fingerprint density at radius 3 is 2.78 bits per heavy atom. The van der Waals surface area contributed by atoms with Crippen LogP contribution >= 0.6 is 11.8 Å². The van der Waals surface area contributed by atoms with E-state index in [9.17, 15) is 9.59 Å². The molecule has 1 aromatic rings. The number of nitrogens with one attached hydrogen (secondary N) is 1. The Balaban J connectivity index is 2.07. The summed E-state index contributed by atoms with van der Waals surface area (Å²) >= 11 is 1.68. The van der Waals surface area contributed by atoms with Gasteiger partial charge in [-0.05, 0) is 49.3 Å². The van der Waals surface area contributed by atoms with E-state index in [0.717, 1.165) is 18.6 Å². The number of aryl methyl sites for hydroxylation is 1. The molecule has 2 N–H and O–H groups in total. The van der Waals surface area contributed by atoms with Gasteiger partial charge in [0.15, 0.2) is 0 Å². The molecule has 2 rings (SSSR count). The number of carbonyl (C=O) groups excluding carboxylic acids is 1. The van der Waals surface area contributed by atoms with E-state index in [0.29, 0.717) is 11.3 Å². The van der Waals surface area contributed by atoms with E-state index in [4.69, 9.17) is 5.11 Å². The average molecular weight is 265 g/mol. The predicted molar refractivity (Wildman–Crippen MR) is 72.2 cm³/mol. The first-order chi connectivity index (χ1) is 8.58. The number of anilines is 1. The van der Waals surface area contributed by atoms with Gasteiger partial charge in [0.05, 0.1) is 10.8 Å². The molecule has 1 aliphatic rings. The van der Waals surface area contributed by atoms with Crippen LogP contribution < -0.4 is 5.32 Å². The molecule has 1 heterocycles. The van der Waals surface area contributed by atoms with Crippen molar-refractivity contribution in [3.63, 3.8) is 0 Å². The third-order valence-corrected chi connectivity index (χ3v) is 4.32. The van der Waals surface area contributed by atoms with Crippen molar-refractivity contribution in [3.05, 3.63) is 29.3 Å². The lowest BCUT2D eigenvalue weighted by molar-refractivity contribution is -0.115. The van der Waals surface area contributed by atoms with Crippen molar-refractivity contribution >= 4 is 29.3 Å².